The van der Waals surface area contributed by atoms with Crippen LogP contribution in [0.1, 0.15) is 6.92 Å². The average molecular weight is 183 g/mol. The first kappa shape index (κ1) is 8.48. The quantitative estimate of drug-likeness (QED) is 0.646. The van der Waals surface area contributed by atoms with Crippen molar-refractivity contribution in [3.63, 3.8) is 0 Å². The van der Waals surface area contributed by atoms with E-state index in [1.54, 1.807) is 0 Å². The van der Waals surface area contributed by atoms with E-state index < -0.39 is 11.6 Å². The molecule has 0 spiro atoms. The van der Waals surface area contributed by atoms with E-state index in [9.17, 15) is 8.78 Å². The van der Waals surface area contributed by atoms with E-state index in [2.05, 4.69) is 6.92 Å². The smallest absolute Gasteiger partial charge is 0.128 e. The highest BCUT2D eigenvalue weighted by Crippen LogP contribution is 2.25. The van der Waals surface area contributed by atoms with Crippen molar-refractivity contribution >= 4 is 5.69 Å². The third kappa shape index (κ3) is 1.64. The molecule has 1 saturated heterocycles. The molecule has 70 valence electrons. The maximum atomic E-state index is 12.8. The Labute approximate surface area is 76.0 Å². The molecule has 2 rings (SSSR count). The first-order chi connectivity index (χ1) is 6.15. The maximum absolute atomic E-state index is 12.8. The Morgan fingerprint density at radius 2 is 1.69 bits per heavy atom. The molecule has 0 bridgehead atoms. The van der Waals surface area contributed by atoms with E-state index in [-0.39, 0.29) is 0 Å². The van der Waals surface area contributed by atoms with E-state index in [0.717, 1.165) is 19.2 Å². The Bertz CT molecular complexity index is 298. The molecule has 0 saturated carbocycles. The van der Waals surface area contributed by atoms with Crippen LogP contribution in [-0.2, 0) is 0 Å². The summed E-state index contributed by atoms with van der Waals surface area (Å²) in [5.41, 5.74) is 0.649. The van der Waals surface area contributed by atoms with Gasteiger partial charge < -0.3 is 4.90 Å². The highest BCUT2D eigenvalue weighted by Gasteiger charge is 2.23. The topological polar surface area (TPSA) is 3.24 Å². The Morgan fingerprint density at radius 1 is 1.15 bits per heavy atom. The normalized spacial score (nSPS) is 17.3. The zero-order chi connectivity index (χ0) is 9.42. The van der Waals surface area contributed by atoms with E-state index in [4.69, 9.17) is 0 Å². The van der Waals surface area contributed by atoms with Gasteiger partial charge >= 0.3 is 0 Å². The number of hydrogen-bond acceptors (Lipinski definition) is 1. The fourth-order valence-corrected chi connectivity index (χ4v) is 1.63. The summed E-state index contributed by atoms with van der Waals surface area (Å²) < 4.78 is 25.6. The van der Waals surface area contributed by atoms with Crippen molar-refractivity contribution in [3.8, 4) is 0 Å². The molecule has 0 aliphatic carbocycles. The molecule has 1 aromatic rings. The van der Waals surface area contributed by atoms with Gasteiger partial charge in [-0.05, 0) is 18.1 Å². The fraction of sp³-hybridized carbons (Fsp3) is 0.400. The summed E-state index contributed by atoms with van der Waals surface area (Å²) in [4.78, 5) is 1.97. The van der Waals surface area contributed by atoms with Gasteiger partial charge in [0.05, 0.1) is 0 Å². The van der Waals surface area contributed by atoms with Gasteiger partial charge in [0.25, 0.3) is 0 Å². The van der Waals surface area contributed by atoms with Crippen molar-refractivity contribution in [2.24, 2.45) is 5.92 Å². The lowest BCUT2D eigenvalue weighted by molar-refractivity contribution is 0.445. The summed E-state index contributed by atoms with van der Waals surface area (Å²) in [6.45, 7) is 3.90. The van der Waals surface area contributed by atoms with Crippen molar-refractivity contribution in [1.82, 2.24) is 0 Å². The van der Waals surface area contributed by atoms with Crippen molar-refractivity contribution in [3.05, 3.63) is 29.8 Å². The molecular formula is C10H11F2N. The molecule has 0 N–H and O–H groups in total. The minimum atomic E-state index is -0.505. The molecule has 1 nitrogen and oxygen atoms in total. The van der Waals surface area contributed by atoms with E-state index in [1.807, 2.05) is 4.90 Å². The van der Waals surface area contributed by atoms with Gasteiger partial charge in [0.2, 0.25) is 0 Å². The minimum absolute atomic E-state index is 0.505. The number of hydrogen-bond donors (Lipinski definition) is 0. The third-order valence-electron chi connectivity index (χ3n) is 2.28. The van der Waals surface area contributed by atoms with Crippen LogP contribution >= 0.6 is 0 Å². The molecular weight excluding hydrogens is 172 g/mol. The Balaban J connectivity index is 2.21. The van der Waals surface area contributed by atoms with E-state index in [1.165, 1.54) is 12.1 Å². The van der Waals surface area contributed by atoms with Crippen molar-refractivity contribution in [2.75, 3.05) is 18.0 Å². The zero-order valence-corrected chi connectivity index (χ0v) is 7.43. The molecule has 13 heavy (non-hydrogen) atoms. The highest BCUT2D eigenvalue weighted by atomic mass is 19.1. The highest BCUT2D eigenvalue weighted by molar-refractivity contribution is 5.49. The van der Waals surface area contributed by atoms with Crippen LogP contribution in [0.25, 0.3) is 0 Å². The lowest BCUT2D eigenvalue weighted by atomic mass is 10.0. The molecule has 0 atom stereocenters. The monoisotopic (exact) mass is 183 g/mol. The molecule has 0 radical (unpaired) electrons. The predicted octanol–water partition coefficient (Wildman–Crippen LogP) is 2.42. The van der Waals surface area contributed by atoms with Crippen LogP contribution < -0.4 is 4.90 Å². The van der Waals surface area contributed by atoms with Crippen molar-refractivity contribution in [2.45, 2.75) is 6.92 Å². The van der Waals surface area contributed by atoms with Crippen LogP contribution in [0, 0.1) is 17.6 Å². The number of halogens is 2. The van der Waals surface area contributed by atoms with Crippen LogP contribution in [0.15, 0.2) is 18.2 Å². The van der Waals surface area contributed by atoms with E-state index >= 15 is 0 Å². The van der Waals surface area contributed by atoms with Gasteiger partial charge in [-0.2, -0.15) is 0 Å². The molecule has 1 heterocycles. The first-order valence-electron chi connectivity index (χ1n) is 4.36. The SMILES string of the molecule is CC1CN(c2cc(F)cc(F)c2)C1. The molecule has 3 heteroatoms. The average Bonchev–Trinajstić information content (AvgIpc) is 1.96. The number of anilines is 1. The van der Waals surface area contributed by atoms with E-state index in [0.29, 0.717) is 11.6 Å². The Morgan fingerprint density at radius 3 is 2.15 bits per heavy atom. The summed E-state index contributed by atoms with van der Waals surface area (Å²) in [6, 6.07) is 3.64. The number of benzene rings is 1. The lowest BCUT2D eigenvalue weighted by Crippen LogP contribution is -2.45. The molecule has 1 aliphatic rings. The minimum Gasteiger partial charge on any atom is -0.371 e. The number of rotatable bonds is 1. The molecule has 0 unspecified atom stereocenters. The summed E-state index contributed by atoms with van der Waals surface area (Å²) in [5, 5.41) is 0. The Hall–Kier alpha value is -1.12. The largest absolute Gasteiger partial charge is 0.371 e. The van der Waals surface area contributed by atoms with Gasteiger partial charge in [0.1, 0.15) is 11.6 Å². The van der Waals surface area contributed by atoms with Gasteiger partial charge in [0, 0.05) is 24.8 Å². The predicted molar refractivity (Wildman–Crippen MR) is 47.7 cm³/mol. The van der Waals surface area contributed by atoms with Crippen LogP contribution in [0.5, 0.6) is 0 Å². The molecule has 1 aromatic carbocycles. The van der Waals surface area contributed by atoms with Gasteiger partial charge in [-0.3, -0.25) is 0 Å². The van der Waals surface area contributed by atoms with Crippen LogP contribution in [0.2, 0.25) is 0 Å². The van der Waals surface area contributed by atoms with Gasteiger partial charge in [-0.15, -0.1) is 0 Å². The first-order valence-corrected chi connectivity index (χ1v) is 4.36. The van der Waals surface area contributed by atoms with Gasteiger partial charge in [-0.1, -0.05) is 6.92 Å². The van der Waals surface area contributed by atoms with Crippen LogP contribution in [0.3, 0.4) is 0 Å². The second kappa shape index (κ2) is 2.98. The summed E-state index contributed by atoms with van der Waals surface area (Å²) in [5.74, 6) is -0.379. The van der Waals surface area contributed by atoms with Gasteiger partial charge in [0.15, 0.2) is 0 Å². The number of nitrogens with zero attached hydrogens (tertiary/aromatic N) is 1. The second-order valence-corrected chi connectivity index (χ2v) is 3.64. The fourth-order valence-electron chi connectivity index (χ4n) is 1.63. The molecule has 1 fully saturated rings. The standard InChI is InChI=1S/C10H11F2N/c1-7-5-13(6-7)10-3-8(11)2-9(12)4-10/h2-4,7H,5-6H2,1H3. The second-order valence-electron chi connectivity index (χ2n) is 3.64. The maximum Gasteiger partial charge on any atom is 0.128 e. The molecule has 0 aromatic heterocycles. The third-order valence-corrected chi connectivity index (χ3v) is 2.28. The van der Waals surface area contributed by atoms with Crippen LogP contribution in [0.4, 0.5) is 14.5 Å². The molecule has 0 amide bonds. The summed E-state index contributed by atoms with van der Waals surface area (Å²) in [6.07, 6.45) is 0. The van der Waals surface area contributed by atoms with Crippen LogP contribution in [-0.4, -0.2) is 13.1 Å². The summed E-state index contributed by atoms with van der Waals surface area (Å²) >= 11 is 0. The summed E-state index contributed by atoms with van der Waals surface area (Å²) in [7, 11) is 0. The van der Waals surface area contributed by atoms with Crippen molar-refractivity contribution in [1.29, 1.82) is 0 Å². The molecule has 1 aliphatic heterocycles. The zero-order valence-electron chi connectivity index (χ0n) is 7.43. The Kier molecular flexibility index (Phi) is 1.94. The lowest BCUT2D eigenvalue weighted by Gasteiger charge is -2.39. The van der Waals surface area contributed by atoms with Crippen molar-refractivity contribution < 1.29 is 8.78 Å². The van der Waals surface area contributed by atoms with Gasteiger partial charge in [-0.25, -0.2) is 8.78 Å².